The molecule has 29 heavy (non-hydrogen) atoms. The Morgan fingerprint density at radius 2 is 1.72 bits per heavy atom. The van der Waals surface area contributed by atoms with E-state index in [1.807, 2.05) is 30.3 Å². The topological polar surface area (TPSA) is 78.9 Å². The molecule has 0 saturated carbocycles. The number of nitrogens with one attached hydrogen (secondary N) is 1. The molecule has 0 bridgehead atoms. The minimum Gasteiger partial charge on any atom is -0.478 e. The number of aromatic carboxylic acids is 1. The van der Waals surface area contributed by atoms with Crippen molar-refractivity contribution in [2.24, 2.45) is 0 Å². The van der Waals surface area contributed by atoms with Crippen LogP contribution in [-0.2, 0) is 5.41 Å². The van der Waals surface area contributed by atoms with Crippen LogP contribution in [0.5, 0.6) is 0 Å². The van der Waals surface area contributed by atoms with Crippen LogP contribution in [0.1, 0.15) is 36.7 Å². The Kier molecular flexibility index (Phi) is 4.63. The van der Waals surface area contributed by atoms with Crippen LogP contribution in [0.15, 0.2) is 54.7 Å². The lowest BCUT2D eigenvalue weighted by Crippen LogP contribution is -2.10. The number of carbonyl (C=O) groups is 1. The average molecular weight is 406 g/mol. The van der Waals surface area contributed by atoms with Crippen LogP contribution in [0.3, 0.4) is 0 Å². The Labute approximate surface area is 173 Å². The van der Waals surface area contributed by atoms with E-state index in [0.717, 1.165) is 28.0 Å². The summed E-state index contributed by atoms with van der Waals surface area (Å²) in [6.07, 6.45) is 1.31. The number of aromatic nitrogens is 3. The number of hydrogen-bond acceptors (Lipinski definition) is 3. The first kappa shape index (κ1) is 19.2. The second kappa shape index (κ2) is 7.01. The van der Waals surface area contributed by atoms with E-state index >= 15 is 0 Å². The summed E-state index contributed by atoms with van der Waals surface area (Å²) in [6, 6.07) is 15.4. The quantitative estimate of drug-likeness (QED) is 0.442. The lowest BCUT2D eigenvalue weighted by atomic mass is 9.87. The Balaban J connectivity index is 1.67. The Morgan fingerprint density at radius 1 is 1.03 bits per heavy atom. The number of imidazole rings is 1. The van der Waals surface area contributed by atoms with Gasteiger partial charge in [-0.05, 0) is 29.2 Å². The predicted octanol–water partition coefficient (Wildman–Crippen LogP) is 5.94. The summed E-state index contributed by atoms with van der Waals surface area (Å²) in [5.41, 5.74) is 5.61. The number of aromatic amines is 1. The highest BCUT2D eigenvalue weighted by Gasteiger charge is 2.15. The number of carboxylic acid groups (broad SMARTS) is 1. The molecule has 0 saturated heterocycles. The summed E-state index contributed by atoms with van der Waals surface area (Å²) in [5, 5.41) is 9.35. The number of H-pyrrole nitrogens is 1. The third-order valence-corrected chi connectivity index (χ3v) is 5.16. The molecular formula is C23H20ClN3O2. The van der Waals surface area contributed by atoms with Crippen LogP contribution in [0.4, 0.5) is 0 Å². The zero-order valence-corrected chi connectivity index (χ0v) is 17.1. The third kappa shape index (κ3) is 3.74. The third-order valence-electron chi connectivity index (χ3n) is 4.87. The number of fused-ring (bicyclic) bond motifs is 1. The number of carboxylic acids is 1. The molecule has 5 nitrogen and oxygen atoms in total. The molecule has 0 aliphatic heterocycles. The number of halogens is 1. The van der Waals surface area contributed by atoms with E-state index in [1.165, 1.54) is 17.8 Å². The largest absolute Gasteiger partial charge is 0.478 e. The molecular weight excluding hydrogens is 386 g/mol. The van der Waals surface area contributed by atoms with Gasteiger partial charge in [-0.1, -0.05) is 62.7 Å². The summed E-state index contributed by atoms with van der Waals surface area (Å²) in [7, 11) is 0. The Morgan fingerprint density at radius 3 is 2.34 bits per heavy atom. The SMILES string of the molecule is CC(C)(C)c1ccc2nc(-c3ccc(-c4ncc(C(=O)O)cc4Cl)cc3)[nH]c2c1. The van der Waals surface area contributed by atoms with Crippen molar-refractivity contribution < 1.29 is 9.90 Å². The molecule has 0 unspecified atom stereocenters. The first-order valence-corrected chi connectivity index (χ1v) is 9.60. The van der Waals surface area contributed by atoms with E-state index in [-0.39, 0.29) is 11.0 Å². The molecule has 0 spiro atoms. The first-order valence-electron chi connectivity index (χ1n) is 9.22. The smallest absolute Gasteiger partial charge is 0.337 e. The molecule has 0 amide bonds. The number of nitrogens with zero attached hydrogens (tertiary/aromatic N) is 2. The highest BCUT2D eigenvalue weighted by atomic mass is 35.5. The van der Waals surface area contributed by atoms with Crippen molar-refractivity contribution in [3.63, 3.8) is 0 Å². The molecule has 0 fully saturated rings. The van der Waals surface area contributed by atoms with Crippen LogP contribution in [0.25, 0.3) is 33.7 Å². The average Bonchev–Trinajstić information content (AvgIpc) is 3.10. The summed E-state index contributed by atoms with van der Waals surface area (Å²) in [4.78, 5) is 23.3. The molecule has 2 heterocycles. The molecule has 2 aromatic carbocycles. The van der Waals surface area contributed by atoms with Gasteiger partial charge in [-0.25, -0.2) is 9.78 Å². The Bertz CT molecular complexity index is 1220. The molecule has 6 heteroatoms. The molecule has 4 rings (SSSR count). The minimum atomic E-state index is -1.05. The minimum absolute atomic E-state index is 0.0623. The lowest BCUT2D eigenvalue weighted by Gasteiger charge is -2.18. The van der Waals surface area contributed by atoms with Crippen LogP contribution in [-0.4, -0.2) is 26.0 Å². The summed E-state index contributed by atoms with van der Waals surface area (Å²) in [6.45, 7) is 6.56. The highest BCUT2D eigenvalue weighted by molar-refractivity contribution is 6.33. The predicted molar refractivity (Wildman–Crippen MR) is 115 cm³/mol. The van der Waals surface area contributed by atoms with Crippen molar-refractivity contribution in [1.29, 1.82) is 0 Å². The van der Waals surface area contributed by atoms with E-state index in [2.05, 4.69) is 42.9 Å². The molecule has 0 aliphatic carbocycles. The zero-order chi connectivity index (χ0) is 20.8. The normalized spacial score (nSPS) is 11.7. The van der Waals surface area contributed by atoms with Gasteiger partial charge in [-0.2, -0.15) is 0 Å². The number of rotatable bonds is 3. The fraction of sp³-hybridized carbons (Fsp3) is 0.174. The van der Waals surface area contributed by atoms with Gasteiger partial charge in [0.2, 0.25) is 0 Å². The molecule has 0 aliphatic rings. The fourth-order valence-electron chi connectivity index (χ4n) is 3.17. The van der Waals surface area contributed by atoms with Crippen molar-refractivity contribution in [3.8, 4) is 22.6 Å². The van der Waals surface area contributed by atoms with Gasteiger partial charge in [0.1, 0.15) is 5.82 Å². The standard InChI is InChI=1S/C23H20ClN3O2/c1-23(2,3)16-8-9-18-19(11-16)27-21(26-18)14-6-4-13(5-7-14)20-17(24)10-15(12-25-20)22(28)29/h4-12H,1-3H3,(H,26,27)(H,28,29). The number of hydrogen-bond donors (Lipinski definition) is 2. The van der Waals surface area contributed by atoms with E-state index in [9.17, 15) is 4.79 Å². The van der Waals surface area contributed by atoms with Gasteiger partial charge in [0.05, 0.1) is 27.3 Å². The van der Waals surface area contributed by atoms with Crippen molar-refractivity contribution in [2.45, 2.75) is 26.2 Å². The molecule has 2 aromatic heterocycles. The molecule has 0 atom stereocenters. The maximum Gasteiger partial charge on any atom is 0.337 e. The van der Waals surface area contributed by atoms with Crippen LogP contribution in [0.2, 0.25) is 5.02 Å². The van der Waals surface area contributed by atoms with Crippen LogP contribution in [0, 0.1) is 0 Å². The van der Waals surface area contributed by atoms with E-state index in [1.54, 1.807) is 0 Å². The number of pyridine rings is 1. The van der Waals surface area contributed by atoms with Gasteiger partial charge in [-0.15, -0.1) is 0 Å². The van der Waals surface area contributed by atoms with Crippen molar-refractivity contribution in [1.82, 2.24) is 15.0 Å². The zero-order valence-electron chi connectivity index (χ0n) is 16.3. The van der Waals surface area contributed by atoms with Gasteiger partial charge in [0.25, 0.3) is 0 Å². The highest BCUT2D eigenvalue weighted by Crippen LogP contribution is 2.30. The molecule has 0 radical (unpaired) electrons. The summed E-state index contributed by atoms with van der Waals surface area (Å²) >= 11 is 6.23. The Hall–Kier alpha value is -3.18. The van der Waals surface area contributed by atoms with Crippen molar-refractivity contribution in [2.75, 3.05) is 0 Å². The summed E-state index contributed by atoms with van der Waals surface area (Å²) < 4.78 is 0. The maximum absolute atomic E-state index is 11.0. The maximum atomic E-state index is 11.0. The summed E-state index contributed by atoms with van der Waals surface area (Å²) in [5.74, 6) is -0.265. The molecule has 2 N–H and O–H groups in total. The van der Waals surface area contributed by atoms with E-state index in [0.29, 0.717) is 10.7 Å². The first-order chi connectivity index (χ1) is 13.7. The van der Waals surface area contributed by atoms with Gasteiger partial charge in [0, 0.05) is 17.3 Å². The lowest BCUT2D eigenvalue weighted by molar-refractivity contribution is 0.0696. The van der Waals surface area contributed by atoms with Gasteiger partial charge in [0.15, 0.2) is 0 Å². The molecule has 4 aromatic rings. The number of benzene rings is 2. The van der Waals surface area contributed by atoms with Gasteiger partial charge >= 0.3 is 5.97 Å². The van der Waals surface area contributed by atoms with Crippen LogP contribution < -0.4 is 0 Å². The second-order valence-corrected chi connectivity index (χ2v) is 8.41. The van der Waals surface area contributed by atoms with Crippen molar-refractivity contribution in [3.05, 3.63) is 70.9 Å². The fourth-order valence-corrected chi connectivity index (χ4v) is 3.44. The molecule has 146 valence electrons. The van der Waals surface area contributed by atoms with Gasteiger partial charge in [-0.3, -0.25) is 4.98 Å². The van der Waals surface area contributed by atoms with E-state index < -0.39 is 5.97 Å². The van der Waals surface area contributed by atoms with Crippen molar-refractivity contribution >= 4 is 28.6 Å². The monoisotopic (exact) mass is 405 g/mol. The van der Waals surface area contributed by atoms with E-state index in [4.69, 9.17) is 21.7 Å². The van der Waals surface area contributed by atoms with Crippen LogP contribution >= 0.6 is 11.6 Å². The van der Waals surface area contributed by atoms with Gasteiger partial charge < -0.3 is 10.1 Å². The second-order valence-electron chi connectivity index (χ2n) is 8.00.